The van der Waals surface area contributed by atoms with Crippen LogP contribution >= 0.6 is 0 Å². The van der Waals surface area contributed by atoms with Crippen molar-refractivity contribution in [2.45, 2.75) is 19.4 Å². The van der Waals surface area contributed by atoms with Gasteiger partial charge in [-0.3, -0.25) is 14.5 Å². The van der Waals surface area contributed by atoms with E-state index in [4.69, 9.17) is 11.5 Å². The van der Waals surface area contributed by atoms with Crippen molar-refractivity contribution in [3.05, 3.63) is 34.9 Å². The van der Waals surface area contributed by atoms with Crippen molar-refractivity contribution in [2.75, 3.05) is 0 Å². The third-order valence-electron chi connectivity index (χ3n) is 3.05. The van der Waals surface area contributed by atoms with Crippen LogP contribution in [0.25, 0.3) is 0 Å². The lowest BCUT2D eigenvalue weighted by molar-refractivity contribution is 0.0551. The van der Waals surface area contributed by atoms with Gasteiger partial charge >= 0.3 is 5.97 Å². The molecule has 0 bridgehead atoms. The third-order valence-corrected chi connectivity index (χ3v) is 3.05. The summed E-state index contributed by atoms with van der Waals surface area (Å²) in [6.07, 6.45) is 5.33. The molecular weight excluding hydrogens is 246 g/mol. The van der Waals surface area contributed by atoms with Gasteiger partial charge in [-0.25, -0.2) is 4.79 Å². The number of rotatable bonds is 2. The zero-order chi connectivity index (χ0) is 14.4. The SMILES string of the molecule is C#CC(C)(C)N1C(=O)c2ccc(C(=O)O)cc2C1=O. The van der Waals surface area contributed by atoms with Crippen molar-refractivity contribution < 1.29 is 19.5 Å². The van der Waals surface area contributed by atoms with Gasteiger partial charge in [-0.05, 0) is 32.0 Å². The minimum absolute atomic E-state index is 0.0414. The standard InChI is InChI=1S/C14H11NO4/c1-4-14(2,3)15-11(16)9-6-5-8(13(18)19)7-10(9)12(15)17/h1,5-7H,2-3H3,(H,18,19). The second-order valence-electron chi connectivity index (χ2n) is 4.71. The third kappa shape index (κ3) is 1.78. The van der Waals surface area contributed by atoms with E-state index in [9.17, 15) is 14.4 Å². The second kappa shape index (κ2) is 3.95. The molecular formula is C14H11NO4. The minimum Gasteiger partial charge on any atom is -0.478 e. The Morgan fingerprint density at radius 1 is 1.26 bits per heavy atom. The van der Waals surface area contributed by atoms with E-state index in [1.54, 1.807) is 13.8 Å². The number of nitrogens with zero attached hydrogens (tertiary/aromatic N) is 1. The number of terminal acetylenes is 1. The largest absolute Gasteiger partial charge is 0.478 e. The fraction of sp³-hybridized carbons (Fsp3) is 0.214. The molecule has 1 N–H and O–H groups in total. The second-order valence-corrected chi connectivity index (χ2v) is 4.71. The normalized spacial score (nSPS) is 14.3. The Bertz CT molecular complexity index is 652. The first-order valence-corrected chi connectivity index (χ1v) is 5.53. The zero-order valence-electron chi connectivity index (χ0n) is 10.4. The van der Waals surface area contributed by atoms with Gasteiger partial charge < -0.3 is 5.11 Å². The van der Waals surface area contributed by atoms with Crippen LogP contribution in [0.5, 0.6) is 0 Å². The van der Waals surface area contributed by atoms with E-state index in [1.165, 1.54) is 18.2 Å². The van der Waals surface area contributed by atoms with Crippen LogP contribution < -0.4 is 0 Å². The molecule has 2 rings (SSSR count). The van der Waals surface area contributed by atoms with Crippen LogP contribution in [0, 0.1) is 12.3 Å². The first-order valence-electron chi connectivity index (χ1n) is 5.53. The highest BCUT2D eigenvalue weighted by Gasteiger charge is 2.43. The number of benzene rings is 1. The van der Waals surface area contributed by atoms with Crippen LogP contribution in [0.2, 0.25) is 0 Å². The molecule has 5 nitrogen and oxygen atoms in total. The zero-order valence-corrected chi connectivity index (χ0v) is 10.4. The Morgan fingerprint density at radius 2 is 1.84 bits per heavy atom. The van der Waals surface area contributed by atoms with Gasteiger partial charge in [-0.1, -0.05) is 5.92 Å². The van der Waals surface area contributed by atoms with Gasteiger partial charge in [0, 0.05) is 0 Å². The van der Waals surface area contributed by atoms with Crippen molar-refractivity contribution in [1.29, 1.82) is 0 Å². The van der Waals surface area contributed by atoms with Gasteiger partial charge in [0.1, 0.15) is 5.54 Å². The summed E-state index contributed by atoms with van der Waals surface area (Å²) < 4.78 is 0. The molecule has 0 radical (unpaired) electrons. The number of carboxylic acids is 1. The van der Waals surface area contributed by atoms with E-state index in [2.05, 4.69) is 5.92 Å². The van der Waals surface area contributed by atoms with E-state index in [1.807, 2.05) is 0 Å². The molecule has 2 amide bonds. The quantitative estimate of drug-likeness (QED) is 0.641. The molecule has 0 saturated carbocycles. The van der Waals surface area contributed by atoms with Gasteiger partial charge in [-0.2, -0.15) is 0 Å². The van der Waals surface area contributed by atoms with Crippen molar-refractivity contribution in [3.63, 3.8) is 0 Å². The molecule has 0 spiro atoms. The van der Waals surface area contributed by atoms with Gasteiger partial charge in [0.15, 0.2) is 0 Å². The van der Waals surface area contributed by atoms with Crippen LogP contribution in [0.1, 0.15) is 44.9 Å². The number of carbonyl (C=O) groups excluding carboxylic acids is 2. The molecule has 1 aliphatic rings. The highest BCUT2D eigenvalue weighted by molar-refractivity contribution is 6.22. The van der Waals surface area contributed by atoms with E-state index < -0.39 is 23.3 Å². The Morgan fingerprint density at radius 3 is 2.37 bits per heavy atom. The molecule has 0 aliphatic carbocycles. The molecule has 1 aliphatic heterocycles. The predicted molar refractivity (Wildman–Crippen MR) is 66.8 cm³/mol. The topological polar surface area (TPSA) is 74.7 Å². The number of amides is 2. The van der Waals surface area contributed by atoms with Crippen LogP contribution in [0.15, 0.2) is 18.2 Å². The molecule has 1 heterocycles. The Hall–Kier alpha value is -2.61. The summed E-state index contributed by atoms with van der Waals surface area (Å²) in [6.45, 7) is 3.15. The number of carbonyl (C=O) groups is 3. The number of hydrogen-bond donors (Lipinski definition) is 1. The summed E-state index contributed by atoms with van der Waals surface area (Å²) in [6, 6.07) is 3.83. The summed E-state index contributed by atoms with van der Waals surface area (Å²) in [4.78, 5) is 36.2. The van der Waals surface area contributed by atoms with Gasteiger partial charge in [0.2, 0.25) is 0 Å². The number of aromatic carboxylic acids is 1. The molecule has 19 heavy (non-hydrogen) atoms. The van der Waals surface area contributed by atoms with Crippen molar-refractivity contribution in [2.24, 2.45) is 0 Å². The fourth-order valence-corrected chi connectivity index (χ4v) is 1.95. The van der Waals surface area contributed by atoms with Gasteiger partial charge in [0.25, 0.3) is 11.8 Å². The van der Waals surface area contributed by atoms with Crippen LogP contribution in [0.4, 0.5) is 0 Å². The first kappa shape index (κ1) is 12.8. The van der Waals surface area contributed by atoms with Gasteiger partial charge in [0.05, 0.1) is 16.7 Å². The summed E-state index contributed by atoms with van der Waals surface area (Å²) >= 11 is 0. The number of hydrogen-bond acceptors (Lipinski definition) is 3. The van der Waals surface area contributed by atoms with Gasteiger partial charge in [-0.15, -0.1) is 6.42 Å². The lowest BCUT2D eigenvalue weighted by Crippen LogP contribution is -2.46. The monoisotopic (exact) mass is 257 g/mol. The number of carboxylic acid groups (broad SMARTS) is 1. The molecule has 0 aromatic heterocycles. The molecule has 5 heteroatoms. The molecule has 1 aromatic rings. The maximum atomic E-state index is 12.2. The summed E-state index contributed by atoms with van der Waals surface area (Å²) in [5, 5.41) is 8.90. The lowest BCUT2D eigenvalue weighted by atomic mass is 10.0. The van der Waals surface area contributed by atoms with E-state index in [0.29, 0.717) is 0 Å². The fourth-order valence-electron chi connectivity index (χ4n) is 1.95. The summed E-state index contributed by atoms with van der Waals surface area (Å²) in [5.74, 6) is 0.165. The Kier molecular flexibility index (Phi) is 2.67. The van der Waals surface area contributed by atoms with Crippen LogP contribution in [0.3, 0.4) is 0 Å². The molecule has 0 fully saturated rings. The molecule has 96 valence electrons. The van der Waals surface area contributed by atoms with Crippen LogP contribution in [-0.2, 0) is 0 Å². The van der Waals surface area contributed by atoms with E-state index in [0.717, 1.165) is 4.90 Å². The smallest absolute Gasteiger partial charge is 0.335 e. The predicted octanol–water partition coefficient (Wildman–Crippen LogP) is 1.39. The Balaban J connectivity index is 2.57. The highest BCUT2D eigenvalue weighted by Crippen LogP contribution is 2.29. The Labute approximate surface area is 109 Å². The maximum absolute atomic E-state index is 12.2. The number of fused-ring (bicyclic) bond motifs is 1. The van der Waals surface area contributed by atoms with Crippen molar-refractivity contribution in [1.82, 2.24) is 4.90 Å². The minimum atomic E-state index is -1.15. The van der Waals surface area contributed by atoms with E-state index >= 15 is 0 Å². The molecule has 0 atom stereocenters. The summed E-state index contributed by atoms with van der Waals surface area (Å²) in [5.41, 5.74) is -0.844. The average Bonchev–Trinajstić information content (AvgIpc) is 2.62. The van der Waals surface area contributed by atoms with Crippen molar-refractivity contribution in [3.8, 4) is 12.3 Å². The van der Waals surface area contributed by atoms with Crippen molar-refractivity contribution >= 4 is 17.8 Å². The molecule has 0 saturated heterocycles. The highest BCUT2D eigenvalue weighted by atomic mass is 16.4. The average molecular weight is 257 g/mol. The summed E-state index contributed by atoms with van der Waals surface area (Å²) in [7, 11) is 0. The molecule has 0 unspecified atom stereocenters. The first-order chi connectivity index (χ1) is 8.79. The number of imide groups is 1. The molecule has 1 aromatic carbocycles. The van der Waals surface area contributed by atoms with E-state index in [-0.39, 0.29) is 16.7 Å². The maximum Gasteiger partial charge on any atom is 0.335 e. The lowest BCUT2D eigenvalue weighted by Gasteiger charge is -2.28. The van der Waals surface area contributed by atoms with Crippen LogP contribution in [-0.4, -0.2) is 33.3 Å².